The number of carboxylic acids is 1. The standard InChI is InChI=1S/C18H16N4O4S/c1-25-13-7-8-14(15(9-13)26-2)16-20-21-18(27)22(16)19-10-11-3-5-12(6-4-11)17(23)24/h3-10H,1-2H3,(H,21,27)(H,23,24)/b19-10-. The van der Waals surface area contributed by atoms with E-state index in [9.17, 15) is 4.79 Å². The quantitative estimate of drug-likeness (QED) is 0.500. The second kappa shape index (κ2) is 7.83. The van der Waals surface area contributed by atoms with Gasteiger partial charge in [-0.3, -0.25) is 0 Å². The minimum absolute atomic E-state index is 0.204. The average molecular weight is 384 g/mol. The van der Waals surface area contributed by atoms with Crippen LogP contribution in [0.15, 0.2) is 47.6 Å². The summed E-state index contributed by atoms with van der Waals surface area (Å²) >= 11 is 5.26. The maximum atomic E-state index is 10.9. The zero-order valence-corrected chi connectivity index (χ0v) is 15.4. The lowest BCUT2D eigenvalue weighted by molar-refractivity contribution is 0.0697. The number of carboxylic acid groups (broad SMARTS) is 1. The summed E-state index contributed by atoms with van der Waals surface area (Å²) in [4.78, 5) is 10.9. The number of aromatic nitrogens is 3. The van der Waals surface area contributed by atoms with Crippen molar-refractivity contribution in [3.8, 4) is 22.9 Å². The van der Waals surface area contributed by atoms with Crippen LogP contribution in [0.4, 0.5) is 0 Å². The normalized spacial score (nSPS) is 10.9. The number of hydrogen-bond acceptors (Lipinski definition) is 6. The van der Waals surface area contributed by atoms with Gasteiger partial charge in [0.2, 0.25) is 4.77 Å². The number of aromatic amines is 1. The van der Waals surface area contributed by atoms with E-state index in [-0.39, 0.29) is 5.56 Å². The Bertz CT molecular complexity index is 1050. The molecule has 2 aromatic carbocycles. The molecule has 3 rings (SSSR count). The van der Waals surface area contributed by atoms with Crippen LogP contribution in [0.2, 0.25) is 0 Å². The van der Waals surface area contributed by atoms with Crippen LogP contribution in [0.1, 0.15) is 15.9 Å². The summed E-state index contributed by atoms with van der Waals surface area (Å²) in [6, 6.07) is 11.7. The van der Waals surface area contributed by atoms with Gasteiger partial charge in [0.25, 0.3) is 0 Å². The van der Waals surface area contributed by atoms with E-state index >= 15 is 0 Å². The minimum Gasteiger partial charge on any atom is -0.497 e. The predicted octanol–water partition coefficient (Wildman–Crippen LogP) is 3.21. The Morgan fingerprint density at radius 3 is 2.59 bits per heavy atom. The third-order valence-electron chi connectivity index (χ3n) is 3.78. The predicted molar refractivity (Wildman–Crippen MR) is 102 cm³/mol. The number of methoxy groups -OCH3 is 2. The molecule has 1 aromatic heterocycles. The lowest BCUT2D eigenvalue weighted by atomic mass is 10.1. The smallest absolute Gasteiger partial charge is 0.335 e. The Morgan fingerprint density at radius 1 is 1.22 bits per heavy atom. The fraction of sp³-hybridized carbons (Fsp3) is 0.111. The Hall–Kier alpha value is -3.46. The summed E-state index contributed by atoms with van der Waals surface area (Å²) in [7, 11) is 3.13. The molecule has 0 aliphatic heterocycles. The average Bonchev–Trinajstić information content (AvgIpc) is 3.06. The van der Waals surface area contributed by atoms with Crippen molar-refractivity contribution in [3.63, 3.8) is 0 Å². The lowest BCUT2D eigenvalue weighted by Crippen LogP contribution is -1.98. The number of carbonyl (C=O) groups is 1. The molecule has 0 saturated carbocycles. The van der Waals surface area contributed by atoms with Crippen LogP contribution < -0.4 is 9.47 Å². The van der Waals surface area contributed by atoms with E-state index in [1.54, 1.807) is 50.8 Å². The molecule has 0 saturated heterocycles. The van der Waals surface area contributed by atoms with Crippen LogP contribution in [0.25, 0.3) is 11.4 Å². The molecular weight excluding hydrogens is 368 g/mol. The molecule has 27 heavy (non-hydrogen) atoms. The van der Waals surface area contributed by atoms with Crippen LogP contribution in [-0.4, -0.2) is 46.4 Å². The molecule has 8 nitrogen and oxygen atoms in total. The summed E-state index contributed by atoms with van der Waals surface area (Å²) < 4.78 is 12.4. The van der Waals surface area contributed by atoms with Gasteiger partial charge in [-0.25, -0.2) is 9.89 Å². The Balaban J connectivity index is 1.98. The third kappa shape index (κ3) is 3.87. The molecule has 0 fully saturated rings. The van der Waals surface area contributed by atoms with E-state index in [0.717, 1.165) is 5.56 Å². The topological polar surface area (TPSA) is 102 Å². The van der Waals surface area contributed by atoms with E-state index < -0.39 is 5.97 Å². The summed E-state index contributed by atoms with van der Waals surface area (Å²) in [6.45, 7) is 0. The van der Waals surface area contributed by atoms with Crippen LogP contribution in [-0.2, 0) is 0 Å². The van der Waals surface area contributed by atoms with E-state index in [1.807, 2.05) is 0 Å². The van der Waals surface area contributed by atoms with Gasteiger partial charge in [0.05, 0.1) is 31.6 Å². The molecule has 0 amide bonds. The maximum absolute atomic E-state index is 10.9. The van der Waals surface area contributed by atoms with E-state index in [1.165, 1.54) is 16.8 Å². The lowest BCUT2D eigenvalue weighted by Gasteiger charge is -2.09. The Morgan fingerprint density at radius 2 is 1.96 bits per heavy atom. The molecule has 0 bridgehead atoms. The first-order valence-corrected chi connectivity index (χ1v) is 8.22. The van der Waals surface area contributed by atoms with Crippen molar-refractivity contribution in [2.24, 2.45) is 5.10 Å². The van der Waals surface area contributed by atoms with Gasteiger partial charge < -0.3 is 14.6 Å². The van der Waals surface area contributed by atoms with Crippen molar-refractivity contribution in [1.29, 1.82) is 0 Å². The summed E-state index contributed by atoms with van der Waals surface area (Å²) in [5.74, 6) is 0.700. The molecule has 138 valence electrons. The van der Waals surface area contributed by atoms with Gasteiger partial charge in [0.1, 0.15) is 11.5 Å². The molecule has 9 heteroatoms. The molecule has 3 aromatic rings. The first kappa shape index (κ1) is 18.3. The fourth-order valence-corrected chi connectivity index (χ4v) is 2.57. The zero-order chi connectivity index (χ0) is 19.4. The SMILES string of the molecule is COc1ccc(-c2n[nH]c(=S)n2/N=C\c2ccc(C(=O)O)cc2)c(OC)c1. The number of H-pyrrole nitrogens is 1. The molecular formula is C18H16N4O4S. The largest absolute Gasteiger partial charge is 0.497 e. The second-order valence-corrected chi connectivity index (χ2v) is 5.79. The Kier molecular flexibility index (Phi) is 5.32. The summed E-state index contributed by atoms with van der Waals surface area (Å²) in [5.41, 5.74) is 1.61. The number of hydrogen-bond donors (Lipinski definition) is 2. The second-order valence-electron chi connectivity index (χ2n) is 5.40. The van der Waals surface area contributed by atoms with Gasteiger partial charge in [-0.15, -0.1) is 0 Å². The monoisotopic (exact) mass is 384 g/mol. The number of benzene rings is 2. The molecule has 0 spiro atoms. The summed E-state index contributed by atoms with van der Waals surface area (Å²) in [6.07, 6.45) is 1.57. The van der Waals surface area contributed by atoms with Crippen LogP contribution in [0.5, 0.6) is 11.5 Å². The first-order valence-electron chi connectivity index (χ1n) is 7.81. The van der Waals surface area contributed by atoms with Crippen LogP contribution >= 0.6 is 12.2 Å². The van der Waals surface area contributed by atoms with Crippen molar-refractivity contribution < 1.29 is 19.4 Å². The van der Waals surface area contributed by atoms with Gasteiger partial charge in [0, 0.05) is 6.07 Å². The van der Waals surface area contributed by atoms with Gasteiger partial charge >= 0.3 is 5.97 Å². The Labute approximate surface area is 159 Å². The van der Waals surface area contributed by atoms with E-state index in [4.69, 9.17) is 26.8 Å². The van der Waals surface area contributed by atoms with Crippen molar-refractivity contribution in [1.82, 2.24) is 14.9 Å². The third-order valence-corrected chi connectivity index (χ3v) is 4.04. The molecule has 1 heterocycles. The highest BCUT2D eigenvalue weighted by molar-refractivity contribution is 7.71. The maximum Gasteiger partial charge on any atom is 0.335 e. The highest BCUT2D eigenvalue weighted by Crippen LogP contribution is 2.32. The van der Waals surface area contributed by atoms with Gasteiger partial charge in [-0.05, 0) is 42.0 Å². The van der Waals surface area contributed by atoms with Crippen molar-refractivity contribution in [2.45, 2.75) is 0 Å². The number of ether oxygens (including phenoxy) is 2. The van der Waals surface area contributed by atoms with Crippen molar-refractivity contribution in [3.05, 3.63) is 58.4 Å². The van der Waals surface area contributed by atoms with Crippen molar-refractivity contribution in [2.75, 3.05) is 14.2 Å². The molecule has 0 aliphatic rings. The van der Waals surface area contributed by atoms with E-state index in [2.05, 4.69) is 15.3 Å². The number of nitrogens with zero attached hydrogens (tertiary/aromatic N) is 3. The number of aromatic carboxylic acids is 1. The van der Waals surface area contributed by atoms with Crippen LogP contribution in [0.3, 0.4) is 0 Å². The molecule has 0 radical (unpaired) electrons. The zero-order valence-electron chi connectivity index (χ0n) is 14.5. The van der Waals surface area contributed by atoms with Crippen molar-refractivity contribution >= 4 is 24.4 Å². The van der Waals surface area contributed by atoms with Crippen LogP contribution in [0, 0.1) is 4.77 Å². The number of rotatable bonds is 6. The number of nitrogens with one attached hydrogen (secondary N) is 1. The molecule has 0 aliphatic carbocycles. The highest BCUT2D eigenvalue weighted by atomic mass is 32.1. The highest BCUT2D eigenvalue weighted by Gasteiger charge is 2.14. The minimum atomic E-state index is -0.982. The summed E-state index contributed by atoms with van der Waals surface area (Å²) in [5, 5.41) is 20.3. The van der Waals surface area contributed by atoms with Gasteiger partial charge in [-0.2, -0.15) is 14.9 Å². The molecule has 0 unspecified atom stereocenters. The van der Waals surface area contributed by atoms with Gasteiger partial charge in [0.15, 0.2) is 5.82 Å². The molecule has 2 N–H and O–H groups in total. The first-order chi connectivity index (χ1) is 13.0. The fourth-order valence-electron chi connectivity index (χ4n) is 2.39. The van der Waals surface area contributed by atoms with Gasteiger partial charge in [-0.1, -0.05) is 12.1 Å². The van der Waals surface area contributed by atoms with E-state index in [0.29, 0.717) is 27.7 Å². The molecule has 0 atom stereocenters.